The normalized spacial score (nSPS) is 10.4. The molecule has 0 aliphatic carbocycles. The van der Waals surface area contributed by atoms with Crippen LogP contribution in [0.3, 0.4) is 0 Å². The maximum Gasteiger partial charge on any atom is 0.133 e. The molecule has 2 nitrogen and oxygen atoms in total. The molecule has 0 unspecified atom stereocenters. The molecule has 0 saturated carbocycles. The lowest BCUT2D eigenvalue weighted by Crippen LogP contribution is -1.87. The second kappa shape index (κ2) is 9.00. The van der Waals surface area contributed by atoms with Crippen molar-refractivity contribution in [3.63, 3.8) is 0 Å². The number of rotatable bonds is 8. The Morgan fingerprint density at radius 2 is 1.52 bits per heavy atom. The van der Waals surface area contributed by atoms with E-state index in [0.29, 0.717) is 5.56 Å². The van der Waals surface area contributed by atoms with Gasteiger partial charge in [-0.05, 0) is 41.7 Å². The first-order chi connectivity index (χ1) is 11.2. The summed E-state index contributed by atoms with van der Waals surface area (Å²) >= 11 is 0. The van der Waals surface area contributed by atoms with Gasteiger partial charge in [0, 0.05) is 0 Å². The number of phenolic OH excluding ortho intramolecular Hbond substituents is 1. The lowest BCUT2D eigenvalue weighted by Gasteiger charge is -2.06. The van der Waals surface area contributed by atoms with Gasteiger partial charge in [-0.3, -0.25) is 0 Å². The first-order valence-corrected chi connectivity index (χ1v) is 8.57. The van der Waals surface area contributed by atoms with E-state index in [1.54, 1.807) is 12.1 Å². The average Bonchev–Trinajstić information content (AvgIpc) is 2.59. The first kappa shape index (κ1) is 17.1. The second-order valence-corrected chi connectivity index (χ2v) is 6.06. The zero-order valence-electron chi connectivity index (χ0n) is 13.9. The Hall–Kier alpha value is -2.27. The fourth-order valence-electron chi connectivity index (χ4n) is 2.78. The summed E-state index contributed by atoms with van der Waals surface area (Å²) in [5.41, 5.74) is 3.72. The lowest BCUT2D eigenvalue weighted by atomic mass is 9.99. The van der Waals surface area contributed by atoms with Crippen LogP contribution in [0.2, 0.25) is 0 Å². The van der Waals surface area contributed by atoms with Crippen molar-refractivity contribution >= 4 is 0 Å². The van der Waals surface area contributed by atoms with Gasteiger partial charge in [-0.25, -0.2) is 0 Å². The predicted molar refractivity (Wildman–Crippen MR) is 95.3 cm³/mol. The summed E-state index contributed by atoms with van der Waals surface area (Å²) in [6, 6.07) is 15.7. The minimum Gasteiger partial charge on any atom is -0.507 e. The number of aryl methyl sites for hydroxylation is 1. The molecule has 23 heavy (non-hydrogen) atoms. The van der Waals surface area contributed by atoms with Crippen LogP contribution in [-0.2, 0) is 6.42 Å². The standard InChI is InChI=1S/C21H25NO/c1-2-3-4-5-6-7-8-17-9-11-18(12-10-17)19-13-14-21(23)20(15-19)16-22/h9-15,23H,2-8H2,1H3. The summed E-state index contributed by atoms with van der Waals surface area (Å²) in [7, 11) is 0. The second-order valence-electron chi connectivity index (χ2n) is 6.06. The molecule has 0 aliphatic rings. The minimum atomic E-state index is 0.0379. The van der Waals surface area contributed by atoms with E-state index in [2.05, 4.69) is 31.2 Å². The Kier molecular flexibility index (Phi) is 6.69. The molecule has 2 heteroatoms. The van der Waals surface area contributed by atoms with E-state index in [1.807, 2.05) is 12.1 Å². The van der Waals surface area contributed by atoms with Crippen LogP contribution in [0.25, 0.3) is 11.1 Å². The molecule has 0 amide bonds. The van der Waals surface area contributed by atoms with Gasteiger partial charge in [0.1, 0.15) is 11.8 Å². The highest BCUT2D eigenvalue weighted by Crippen LogP contribution is 2.26. The highest BCUT2D eigenvalue weighted by molar-refractivity contribution is 5.67. The molecule has 0 heterocycles. The van der Waals surface area contributed by atoms with Crippen LogP contribution in [0, 0.1) is 11.3 Å². The molecular formula is C21H25NO. The Balaban J connectivity index is 1.91. The third kappa shape index (κ3) is 5.14. The number of nitriles is 1. The maximum atomic E-state index is 9.58. The molecule has 0 atom stereocenters. The summed E-state index contributed by atoms with van der Waals surface area (Å²) in [5.74, 6) is 0.0379. The molecule has 2 aromatic carbocycles. The van der Waals surface area contributed by atoms with Crippen LogP contribution in [0.4, 0.5) is 0 Å². The van der Waals surface area contributed by atoms with Gasteiger partial charge in [-0.2, -0.15) is 5.26 Å². The highest BCUT2D eigenvalue weighted by atomic mass is 16.3. The highest BCUT2D eigenvalue weighted by Gasteiger charge is 2.04. The molecular weight excluding hydrogens is 282 g/mol. The first-order valence-electron chi connectivity index (χ1n) is 8.57. The third-order valence-electron chi connectivity index (χ3n) is 4.22. The van der Waals surface area contributed by atoms with Gasteiger partial charge in [0.05, 0.1) is 5.56 Å². The molecule has 2 rings (SSSR count). The number of benzene rings is 2. The minimum absolute atomic E-state index is 0.0379. The molecule has 0 aliphatic heterocycles. The van der Waals surface area contributed by atoms with E-state index >= 15 is 0 Å². The Bertz CT molecular complexity index is 653. The lowest BCUT2D eigenvalue weighted by molar-refractivity contribution is 0.473. The van der Waals surface area contributed by atoms with Crippen molar-refractivity contribution in [2.24, 2.45) is 0 Å². The molecule has 120 valence electrons. The SMILES string of the molecule is CCCCCCCCc1ccc(-c2ccc(O)c(C#N)c2)cc1. The molecule has 0 aromatic heterocycles. The van der Waals surface area contributed by atoms with Crippen LogP contribution in [-0.4, -0.2) is 5.11 Å². The van der Waals surface area contributed by atoms with Gasteiger partial charge in [-0.1, -0.05) is 69.4 Å². The van der Waals surface area contributed by atoms with Crippen molar-refractivity contribution in [1.82, 2.24) is 0 Å². The number of aromatic hydroxyl groups is 1. The number of hydrogen-bond acceptors (Lipinski definition) is 2. The van der Waals surface area contributed by atoms with E-state index in [1.165, 1.54) is 44.1 Å². The molecule has 0 fully saturated rings. The topological polar surface area (TPSA) is 44.0 Å². The third-order valence-corrected chi connectivity index (χ3v) is 4.22. The monoisotopic (exact) mass is 307 g/mol. The van der Waals surface area contributed by atoms with Crippen LogP contribution in [0.15, 0.2) is 42.5 Å². The summed E-state index contributed by atoms with van der Waals surface area (Å²) in [5, 5.41) is 18.6. The molecule has 0 spiro atoms. The average molecular weight is 307 g/mol. The van der Waals surface area contributed by atoms with E-state index in [0.717, 1.165) is 17.5 Å². The summed E-state index contributed by atoms with van der Waals surface area (Å²) in [6.07, 6.45) is 9.05. The van der Waals surface area contributed by atoms with Gasteiger partial charge in [0.2, 0.25) is 0 Å². The van der Waals surface area contributed by atoms with E-state index in [-0.39, 0.29) is 5.75 Å². The molecule has 0 radical (unpaired) electrons. The van der Waals surface area contributed by atoms with Crippen molar-refractivity contribution in [1.29, 1.82) is 5.26 Å². The zero-order valence-corrected chi connectivity index (χ0v) is 13.9. The van der Waals surface area contributed by atoms with Gasteiger partial charge >= 0.3 is 0 Å². The predicted octanol–water partition coefficient (Wildman–Crippen LogP) is 5.83. The van der Waals surface area contributed by atoms with Crippen LogP contribution < -0.4 is 0 Å². The van der Waals surface area contributed by atoms with Gasteiger partial charge in [-0.15, -0.1) is 0 Å². The number of nitrogens with zero attached hydrogens (tertiary/aromatic N) is 1. The summed E-state index contributed by atoms with van der Waals surface area (Å²) in [4.78, 5) is 0. The van der Waals surface area contributed by atoms with Crippen LogP contribution in [0.5, 0.6) is 5.75 Å². The largest absolute Gasteiger partial charge is 0.507 e. The smallest absolute Gasteiger partial charge is 0.133 e. The molecule has 0 bridgehead atoms. The number of hydrogen-bond donors (Lipinski definition) is 1. The summed E-state index contributed by atoms with van der Waals surface area (Å²) in [6.45, 7) is 2.25. The van der Waals surface area contributed by atoms with Crippen molar-refractivity contribution in [2.45, 2.75) is 51.9 Å². The van der Waals surface area contributed by atoms with Gasteiger partial charge in [0.25, 0.3) is 0 Å². The van der Waals surface area contributed by atoms with Crippen molar-refractivity contribution < 1.29 is 5.11 Å². The molecule has 0 saturated heterocycles. The van der Waals surface area contributed by atoms with Crippen molar-refractivity contribution in [3.05, 3.63) is 53.6 Å². The van der Waals surface area contributed by atoms with Crippen LogP contribution >= 0.6 is 0 Å². The number of unbranched alkanes of at least 4 members (excludes halogenated alkanes) is 5. The quantitative estimate of drug-likeness (QED) is 0.623. The van der Waals surface area contributed by atoms with Gasteiger partial charge < -0.3 is 5.11 Å². The molecule has 1 N–H and O–H groups in total. The summed E-state index contributed by atoms with van der Waals surface area (Å²) < 4.78 is 0. The Morgan fingerprint density at radius 1 is 0.870 bits per heavy atom. The maximum absolute atomic E-state index is 9.58. The fraction of sp³-hybridized carbons (Fsp3) is 0.381. The van der Waals surface area contributed by atoms with Crippen molar-refractivity contribution in [3.8, 4) is 22.9 Å². The Morgan fingerprint density at radius 3 is 2.22 bits per heavy atom. The zero-order chi connectivity index (χ0) is 16.5. The number of phenols is 1. The van der Waals surface area contributed by atoms with E-state index < -0.39 is 0 Å². The van der Waals surface area contributed by atoms with Crippen LogP contribution in [0.1, 0.15) is 56.6 Å². The Labute approximate surface area is 139 Å². The van der Waals surface area contributed by atoms with Gasteiger partial charge in [0.15, 0.2) is 0 Å². The fourth-order valence-corrected chi connectivity index (χ4v) is 2.78. The van der Waals surface area contributed by atoms with E-state index in [9.17, 15) is 5.11 Å². The van der Waals surface area contributed by atoms with Crippen molar-refractivity contribution in [2.75, 3.05) is 0 Å². The molecule has 2 aromatic rings. The van der Waals surface area contributed by atoms with E-state index in [4.69, 9.17) is 5.26 Å².